The van der Waals surface area contributed by atoms with Gasteiger partial charge in [0, 0.05) is 54.4 Å². The molecule has 0 spiro atoms. The largest absolute Gasteiger partial charge is 0.361 e. The molecule has 0 aliphatic carbocycles. The van der Waals surface area contributed by atoms with Gasteiger partial charge in [-0.2, -0.15) is 0 Å². The molecule has 0 unspecified atom stereocenters. The van der Waals surface area contributed by atoms with Crippen molar-refractivity contribution in [1.29, 1.82) is 0 Å². The Morgan fingerprint density at radius 1 is 1.13 bits per heavy atom. The zero-order valence-corrected chi connectivity index (χ0v) is 20.9. The summed E-state index contributed by atoms with van der Waals surface area (Å²) in [5.41, 5.74) is 4.07. The van der Waals surface area contributed by atoms with Gasteiger partial charge in [0.25, 0.3) is 5.91 Å². The van der Waals surface area contributed by atoms with E-state index in [1.807, 2.05) is 55.6 Å². The van der Waals surface area contributed by atoms with Crippen LogP contribution in [0.3, 0.4) is 0 Å². The summed E-state index contributed by atoms with van der Waals surface area (Å²) in [4.78, 5) is 19.8. The lowest BCUT2D eigenvalue weighted by atomic mass is 10.1. The van der Waals surface area contributed by atoms with Crippen LogP contribution in [0, 0.1) is 0 Å². The summed E-state index contributed by atoms with van der Waals surface area (Å²) in [5, 5.41) is 11.2. The molecule has 3 rings (SSSR count). The van der Waals surface area contributed by atoms with E-state index >= 15 is 0 Å². The number of carbonyl (C=O) groups is 1. The fourth-order valence-electron chi connectivity index (χ4n) is 3.33. The van der Waals surface area contributed by atoms with E-state index in [4.69, 9.17) is 16.6 Å². The molecule has 0 aliphatic heterocycles. The molecule has 3 aromatic rings. The third kappa shape index (κ3) is 7.14. The number of fused-ring (bicyclic) bond motifs is 1. The molecule has 6 nitrogen and oxygen atoms in total. The Bertz CT molecular complexity index is 1030. The van der Waals surface area contributed by atoms with Crippen molar-refractivity contribution in [2.75, 3.05) is 26.7 Å². The minimum Gasteiger partial charge on any atom is -0.361 e. The molecule has 4 N–H and O–H groups in total. The number of hydrogen-bond acceptors (Lipinski definition) is 2. The number of aromatic amines is 1. The molecule has 166 valence electrons. The summed E-state index contributed by atoms with van der Waals surface area (Å²) in [6.07, 6.45) is 3.65. The second-order valence-corrected chi connectivity index (χ2v) is 7.41. The molecule has 0 fully saturated rings. The molecule has 0 atom stereocenters. The highest BCUT2D eigenvalue weighted by molar-refractivity contribution is 14.0. The van der Waals surface area contributed by atoms with Gasteiger partial charge in [-0.25, -0.2) is 0 Å². The number of aliphatic imine (C=N–C) groups is 1. The Kier molecular flexibility index (Phi) is 10.1. The van der Waals surface area contributed by atoms with E-state index in [-0.39, 0.29) is 29.9 Å². The van der Waals surface area contributed by atoms with Crippen molar-refractivity contribution in [3.63, 3.8) is 0 Å². The molecule has 2 aromatic carbocycles. The van der Waals surface area contributed by atoms with E-state index in [2.05, 4.69) is 20.9 Å². The monoisotopic (exact) mass is 553 g/mol. The van der Waals surface area contributed by atoms with Crippen LogP contribution in [0.1, 0.15) is 28.4 Å². The van der Waals surface area contributed by atoms with Gasteiger partial charge in [-0.1, -0.05) is 23.7 Å². The van der Waals surface area contributed by atoms with Gasteiger partial charge in [0.2, 0.25) is 0 Å². The van der Waals surface area contributed by atoms with Gasteiger partial charge in [0.1, 0.15) is 0 Å². The number of benzene rings is 2. The van der Waals surface area contributed by atoms with Gasteiger partial charge in [0.05, 0.1) is 0 Å². The second-order valence-electron chi connectivity index (χ2n) is 6.97. The Labute approximate surface area is 205 Å². The van der Waals surface area contributed by atoms with Crippen molar-refractivity contribution in [3.8, 4) is 0 Å². The number of guanidine groups is 1. The topological polar surface area (TPSA) is 81.3 Å². The van der Waals surface area contributed by atoms with Crippen molar-refractivity contribution in [2.24, 2.45) is 4.99 Å². The van der Waals surface area contributed by atoms with Gasteiger partial charge < -0.3 is 20.9 Å². The van der Waals surface area contributed by atoms with Crippen LogP contribution in [0.2, 0.25) is 5.02 Å². The number of aromatic nitrogens is 1. The van der Waals surface area contributed by atoms with Crippen LogP contribution < -0.4 is 16.0 Å². The van der Waals surface area contributed by atoms with Crippen molar-refractivity contribution in [3.05, 3.63) is 70.4 Å². The summed E-state index contributed by atoms with van der Waals surface area (Å²) in [7, 11) is 1.64. The number of nitrogens with zero attached hydrogens (tertiary/aromatic N) is 1. The number of halogens is 2. The maximum atomic E-state index is 11.8. The smallest absolute Gasteiger partial charge is 0.251 e. The first-order chi connectivity index (χ1) is 14.6. The average molecular weight is 554 g/mol. The first kappa shape index (κ1) is 25.0. The maximum absolute atomic E-state index is 11.8. The normalized spacial score (nSPS) is 11.1. The quantitative estimate of drug-likeness (QED) is 0.192. The Balaban J connectivity index is 0.00000341. The number of rotatable bonds is 8. The van der Waals surface area contributed by atoms with Crippen LogP contribution in [-0.4, -0.2) is 43.5 Å². The Morgan fingerprint density at radius 2 is 1.97 bits per heavy atom. The van der Waals surface area contributed by atoms with E-state index in [1.54, 1.807) is 7.05 Å². The minimum absolute atomic E-state index is 0. The number of carbonyl (C=O) groups excluding carboxylic acids is 1. The van der Waals surface area contributed by atoms with E-state index in [1.165, 1.54) is 5.56 Å². The highest BCUT2D eigenvalue weighted by Gasteiger charge is 2.06. The maximum Gasteiger partial charge on any atom is 0.251 e. The van der Waals surface area contributed by atoms with Crippen molar-refractivity contribution < 1.29 is 4.79 Å². The second kappa shape index (κ2) is 12.6. The van der Waals surface area contributed by atoms with E-state index < -0.39 is 0 Å². The molecule has 8 heteroatoms. The lowest BCUT2D eigenvalue weighted by molar-refractivity contribution is 0.0963. The lowest BCUT2D eigenvalue weighted by Crippen LogP contribution is -2.38. The summed E-state index contributed by atoms with van der Waals surface area (Å²) in [5.74, 6) is 0.719. The van der Waals surface area contributed by atoms with Gasteiger partial charge in [-0.15, -0.1) is 24.0 Å². The van der Waals surface area contributed by atoms with Gasteiger partial charge in [-0.05, 0) is 61.2 Å². The molecule has 0 bridgehead atoms. The molecule has 1 amide bonds. The predicted molar refractivity (Wildman–Crippen MR) is 140 cm³/mol. The van der Waals surface area contributed by atoms with Crippen molar-refractivity contribution >= 4 is 58.3 Å². The van der Waals surface area contributed by atoms with E-state index in [0.717, 1.165) is 53.4 Å². The minimum atomic E-state index is -0.0710. The zero-order valence-electron chi connectivity index (χ0n) is 17.8. The zero-order chi connectivity index (χ0) is 21.3. The van der Waals surface area contributed by atoms with Crippen LogP contribution in [0.25, 0.3) is 10.9 Å². The fraction of sp³-hybridized carbons (Fsp3) is 0.304. The number of amides is 1. The highest BCUT2D eigenvalue weighted by Crippen LogP contribution is 2.22. The van der Waals surface area contributed by atoms with Gasteiger partial charge in [-0.3, -0.25) is 9.79 Å². The standard InChI is InChI=1S/C23H28ClN5O.HI/c1-3-26-23(27-11-9-16-5-4-6-17(13-16)22(30)25-2)28-12-10-18-15-29-21-8-7-19(24)14-20(18)21;/h4-8,13-15,29H,3,9-12H2,1-2H3,(H,25,30)(H2,26,27,28);1H. The van der Waals surface area contributed by atoms with Gasteiger partial charge >= 0.3 is 0 Å². The predicted octanol–water partition coefficient (Wildman–Crippen LogP) is 4.14. The number of H-pyrrole nitrogens is 1. The highest BCUT2D eigenvalue weighted by atomic mass is 127. The molecule has 0 radical (unpaired) electrons. The number of nitrogens with one attached hydrogen (secondary N) is 4. The Morgan fingerprint density at radius 3 is 2.74 bits per heavy atom. The first-order valence-corrected chi connectivity index (χ1v) is 10.6. The van der Waals surface area contributed by atoms with Crippen LogP contribution in [0.5, 0.6) is 0 Å². The van der Waals surface area contributed by atoms with E-state index in [9.17, 15) is 4.79 Å². The fourth-order valence-corrected chi connectivity index (χ4v) is 3.50. The lowest BCUT2D eigenvalue weighted by Gasteiger charge is -2.11. The molecule has 0 saturated heterocycles. The van der Waals surface area contributed by atoms with Gasteiger partial charge in [0.15, 0.2) is 5.96 Å². The van der Waals surface area contributed by atoms with Crippen LogP contribution in [-0.2, 0) is 12.8 Å². The summed E-state index contributed by atoms with van der Waals surface area (Å²) in [6, 6.07) is 13.6. The van der Waals surface area contributed by atoms with E-state index in [0.29, 0.717) is 12.1 Å². The third-order valence-corrected chi connectivity index (χ3v) is 5.08. The number of hydrogen-bond donors (Lipinski definition) is 4. The molecule has 0 aliphatic rings. The first-order valence-electron chi connectivity index (χ1n) is 10.2. The van der Waals surface area contributed by atoms with Crippen LogP contribution in [0.15, 0.2) is 53.7 Å². The molecule has 31 heavy (non-hydrogen) atoms. The Hall–Kier alpha value is -2.26. The molecule has 1 aromatic heterocycles. The van der Waals surface area contributed by atoms with Crippen molar-refractivity contribution in [1.82, 2.24) is 20.9 Å². The third-order valence-electron chi connectivity index (χ3n) is 4.85. The van der Waals surface area contributed by atoms with Crippen LogP contribution in [0.4, 0.5) is 0 Å². The average Bonchev–Trinajstić information content (AvgIpc) is 3.15. The van der Waals surface area contributed by atoms with Crippen LogP contribution >= 0.6 is 35.6 Å². The molecular weight excluding hydrogens is 525 g/mol. The van der Waals surface area contributed by atoms with Crippen molar-refractivity contribution in [2.45, 2.75) is 19.8 Å². The summed E-state index contributed by atoms with van der Waals surface area (Å²) in [6.45, 7) is 4.24. The summed E-state index contributed by atoms with van der Waals surface area (Å²) >= 11 is 6.13. The summed E-state index contributed by atoms with van der Waals surface area (Å²) < 4.78 is 0. The molecular formula is C23H29ClIN5O. The molecule has 1 heterocycles. The molecule has 0 saturated carbocycles. The SMILES string of the molecule is CCNC(=NCCc1c[nH]c2ccc(Cl)cc12)NCCc1cccc(C(=O)NC)c1.I.